The number of rotatable bonds is 6. The van der Waals surface area contributed by atoms with Crippen LogP contribution in [0.25, 0.3) is 0 Å². The second-order valence-electron chi connectivity index (χ2n) is 5.74. The average molecular weight is 376 g/mol. The summed E-state index contributed by atoms with van der Waals surface area (Å²) in [6.45, 7) is 1.68. The lowest BCUT2D eigenvalue weighted by Gasteiger charge is -2.19. The van der Waals surface area contributed by atoms with Gasteiger partial charge in [-0.25, -0.2) is 13.6 Å². The topological polar surface area (TPSA) is 116 Å². The van der Waals surface area contributed by atoms with E-state index in [9.17, 15) is 18.0 Å². The van der Waals surface area contributed by atoms with Gasteiger partial charge in [0.2, 0.25) is 10.0 Å². The van der Waals surface area contributed by atoms with Gasteiger partial charge in [-0.05, 0) is 30.2 Å². The van der Waals surface area contributed by atoms with Gasteiger partial charge in [0.05, 0.1) is 24.5 Å². The molecule has 0 radical (unpaired) electrons. The molecule has 0 heterocycles. The highest BCUT2D eigenvalue weighted by Crippen LogP contribution is 2.20. The van der Waals surface area contributed by atoms with Gasteiger partial charge in [-0.3, -0.25) is 9.59 Å². The molecule has 0 saturated heterocycles. The summed E-state index contributed by atoms with van der Waals surface area (Å²) < 4.78 is 27.8. The molecule has 0 unspecified atom stereocenters. The van der Waals surface area contributed by atoms with Crippen molar-refractivity contribution in [2.45, 2.75) is 24.3 Å². The summed E-state index contributed by atoms with van der Waals surface area (Å²) in [6, 6.07) is 12.4. The van der Waals surface area contributed by atoms with E-state index in [2.05, 4.69) is 5.32 Å². The predicted molar refractivity (Wildman–Crippen MR) is 95.8 cm³/mol. The van der Waals surface area contributed by atoms with Crippen LogP contribution in [0, 0.1) is 6.92 Å². The molecule has 0 aliphatic carbocycles. The lowest BCUT2D eigenvalue weighted by molar-refractivity contribution is -0.141. The summed E-state index contributed by atoms with van der Waals surface area (Å²) in [5, 5.41) is 7.89. The van der Waals surface area contributed by atoms with Crippen LogP contribution in [0.5, 0.6) is 0 Å². The van der Waals surface area contributed by atoms with Crippen molar-refractivity contribution in [3.63, 3.8) is 0 Å². The fourth-order valence-corrected chi connectivity index (χ4v) is 2.99. The highest BCUT2D eigenvalue weighted by atomic mass is 32.2. The van der Waals surface area contributed by atoms with Crippen LogP contribution in [-0.2, 0) is 19.6 Å². The number of amides is 1. The third kappa shape index (κ3) is 4.90. The third-order valence-corrected chi connectivity index (χ3v) is 4.80. The van der Waals surface area contributed by atoms with Crippen molar-refractivity contribution < 1.29 is 22.7 Å². The molecule has 2 rings (SSSR count). The van der Waals surface area contributed by atoms with E-state index in [1.165, 1.54) is 25.3 Å². The number of benzene rings is 2. The molecule has 0 bridgehead atoms. The van der Waals surface area contributed by atoms with Crippen LogP contribution in [-0.4, -0.2) is 27.4 Å². The Labute approximate surface area is 152 Å². The SMILES string of the molecule is COC(=O)C[C@@H](NC(=O)c1cc(S(N)(=O)=O)ccc1C)c1ccccc1. The Morgan fingerprint density at radius 3 is 2.38 bits per heavy atom. The Bertz CT molecular complexity index is 910. The number of methoxy groups -OCH3 is 1. The van der Waals surface area contributed by atoms with Crippen molar-refractivity contribution in [1.82, 2.24) is 5.32 Å². The molecule has 1 amide bonds. The molecule has 0 aliphatic heterocycles. The molecular weight excluding hydrogens is 356 g/mol. The number of ether oxygens (including phenoxy) is 1. The number of aryl methyl sites for hydroxylation is 1. The van der Waals surface area contributed by atoms with Gasteiger partial charge in [0.15, 0.2) is 0 Å². The van der Waals surface area contributed by atoms with Crippen molar-refractivity contribution in [1.29, 1.82) is 0 Å². The molecule has 2 aromatic carbocycles. The molecule has 1 atom stereocenters. The van der Waals surface area contributed by atoms with Crippen molar-refractivity contribution in [3.05, 3.63) is 65.2 Å². The average Bonchev–Trinajstić information content (AvgIpc) is 2.61. The van der Waals surface area contributed by atoms with Gasteiger partial charge in [-0.1, -0.05) is 36.4 Å². The summed E-state index contributed by atoms with van der Waals surface area (Å²) >= 11 is 0. The number of hydrogen-bond acceptors (Lipinski definition) is 5. The third-order valence-electron chi connectivity index (χ3n) is 3.89. The van der Waals surface area contributed by atoms with Crippen LogP contribution in [0.1, 0.15) is 33.9 Å². The zero-order valence-electron chi connectivity index (χ0n) is 14.4. The van der Waals surface area contributed by atoms with Crippen LogP contribution in [0.4, 0.5) is 0 Å². The maximum Gasteiger partial charge on any atom is 0.307 e. The number of hydrogen-bond donors (Lipinski definition) is 2. The molecule has 138 valence electrons. The van der Waals surface area contributed by atoms with Gasteiger partial charge < -0.3 is 10.1 Å². The van der Waals surface area contributed by atoms with Crippen molar-refractivity contribution in [2.24, 2.45) is 5.14 Å². The maximum absolute atomic E-state index is 12.7. The smallest absolute Gasteiger partial charge is 0.307 e. The molecule has 7 nitrogen and oxygen atoms in total. The Balaban J connectivity index is 2.34. The number of carbonyl (C=O) groups is 2. The molecule has 3 N–H and O–H groups in total. The summed E-state index contributed by atoms with van der Waals surface area (Å²) in [4.78, 5) is 24.2. The van der Waals surface area contributed by atoms with E-state index in [0.29, 0.717) is 5.56 Å². The Hall–Kier alpha value is -2.71. The molecule has 0 fully saturated rings. The Morgan fingerprint density at radius 2 is 1.81 bits per heavy atom. The summed E-state index contributed by atoms with van der Waals surface area (Å²) in [5.74, 6) is -0.986. The first-order valence-corrected chi connectivity index (χ1v) is 9.33. The number of nitrogens with one attached hydrogen (secondary N) is 1. The molecule has 0 aliphatic rings. The number of sulfonamides is 1. The summed E-state index contributed by atoms with van der Waals surface area (Å²) in [7, 11) is -2.66. The van der Waals surface area contributed by atoms with Crippen LogP contribution in [0.2, 0.25) is 0 Å². The molecule has 0 aromatic heterocycles. The zero-order chi connectivity index (χ0) is 19.3. The molecular formula is C18H20N2O5S. The predicted octanol–water partition coefficient (Wildman–Crippen LogP) is 1.68. The number of esters is 1. The quantitative estimate of drug-likeness (QED) is 0.744. The largest absolute Gasteiger partial charge is 0.469 e. The van der Waals surface area contributed by atoms with Crippen LogP contribution >= 0.6 is 0 Å². The van der Waals surface area contributed by atoms with E-state index in [-0.39, 0.29) is 16.9 Å². The van der Waals surface area contributed by atoms with E-state index < -0.39 is 27.9 Å². The van der Waals surface area contributed by atoms with Gasteiger partial charge in [-0.2, -0.15) is 0 Å². The second-order valence-corrected chi connectivity index (χ2v) is 7.30. The van der Waals surface area contributed by atoms with Gasteiger partial charge in [-0.15, -0.1) is 0 Å². The number of primary sulfonamides is 1. The highest BCUT2D eigenvalue weighted by molar-refractivity contribution is 7.89. The lowest BCUT2D eigenvalue weighted by atomic mass is 10.0. The monoisotopic (exact) mass is 376 g/mol. The minimum absolute atomic E-state index is 0.0554. The van der Waals surface area contributed by atoms with E-state index >= 15 is 0 Å². The van der Waals surface area contributed by atoms with Crippen molar-refractivity contribution >= 4 is 21.9 Å². The number of carbonyl (C=O) groups excluding carboxylic acids is 2. The van der Waals surface area contributed by atoms with Gasteiger partial charge >= 0.3 is 5.97 Å². The zero-order valence-corrected chi connectivity index (χ0v) is 15.2. The van der Waals surface area contributed by atoms with Gasteiger partial charge in [0.25, 0.3) is 5.91 Å². The molecule has 0 spiro atoms. The van der Waals surface area contributed by atoms with Crippen LogP contribution in [0.15, 0.2) is 53.4 Å². The standard InChI is InChI=1S/C18H20N2O5S/c1-12-8-9-14(26(19,23)24)10-15(12)18(22)20-16(11-17(21)25-2)13-6-4-3-5-7-13/h3-10,16H,11H2,1-2H3,(H,20,22)(H2,19,23,24)/t16-/m1/s1. The maximum atomic E-state index is 12.7. The molecule has 26 heavy (non-hydrogen) atoms. The first-order chi connectivity index (χ1) is 12.2. The minimum Gasteiger partial charge on any atom is -0.469 e. The second kappa shape index (κ2) is 8.11. The summed E-state index contributed by atoms with van der Waals surface area (Å²) in [6.07, 6.45) is -0.0554. The van der Waals surface area contributed by atoms with Gasteiger partial charge in [0.1, 0.15) is 0 Å². The lowest BCUT2D eigenvalue weighted by Crippen LogP contribution is -2.31. The minimum atomic E-state index is -3.93. The van der Waals surface area contributed by atoms with E-state index in [1.54, 1.807) is 31.2 Å². The van der Waals surface area contributed by atoms with Crippen LogP contribution < -0.4 is 10.5 Å². The Kier molecular flexibility index (Phi) is 6.12. The van der Waals surface area contributed by atoms with Crippen molar-refractivity contribution in [2.75, 3.05) is 7.11 Å². The first kappa shape index (κ1) is 19.6. The first-order valence-electron chi connectivity index (χ1n) is 7.78. The number of nitrogens with two attached hydrogens (primary N) is 1. The highest BCUT2D eigenvalue weighted by Gasteiger charge is 2.21. The van der Waals surface area contributed by atoms with Crippen molar-refractivity contribution in [3.8, 4) is 0 Å². The molecule has 0 saturated carbocycles. The van der Waals surface area contributed by atoms with E-state index in [1.807, 2.05) is 6.07 Å². The van der Waals surface area contributed by atoms with E-state index in [0.717, 1.165) is 5.56 Å². The molecule has 8 heteroatoms. The summed E-state index contributed by atoms with van der Waals surface area (Å²) in [5.41, 5.74) is 1.48. The Morgan fingerprint density at radius 1 is 1.15 bits per heavy atom. The van der Waals surface area contributed by atoms with Gasteiger partial charge in [0, 0.05) is 5.56 Å². The fourth-order valence-electron chi connectivity index (χ4n) is 2.45. The van der Waals surface area contributed by atoms with Crippen LogP contribution in [0.3, 0.4) is 0 Å². The van der Waals surface area contributed by atoms with E-state index in [4.69, 9.17) is 9.88 Å². The normalized spacial score (nSPS) is 12.3. The fraction of sp³-hybridized carbons (Fsp3) is 0.222. The molecule has 2 aromatic rings.